The number of fused-ring (bicyclic) bond motifs is 2. The fourth-order valence-electron chi connectivity index (χ4n) is 3.99. The molecule has 2 aromatic heterocycles. The molecular formula is C22H23N5. The average molecular weight is 357 g/mol. The molecule has 2 aliphatic heterocycles. The first kappa shape index (κ1) is 16.5. The Kier molecular flexibility index (Phi) is 4.38. The van der Waals surface area contributed by atoms with E-state index in [-0.39, 0.29) is 0 Å². The van der Waals surface area contributed by atoms with Gasteiger partial charge >= 0.3 is 0 Å². The van der Waals surface area contributed by atoms with E-state index in [4.69, 9.17) is 4.98 Å². The number of pyridine rings is 1. The summed E-state index contributed by atoms with van der Waals surface area (Å²) in [7, 11) is 0. The van der Waals surface area contributed by atoms with E-state index in [1.165, 1.54) is 35.0 Å². The Morgan fingerprint density at radius 2 is 1.96 bits per heavy atom. The predicted octanol–water partition coefficient (Wildman–Crippen LogP) is 3.56. The van der Waals surface area contributed by atoms with Crippen LogP contribution in [0.5, 0.6) is 0 Å². The first-order chi connectivity index (χ1) is 13.3. The van der Waals surface area contributed by atoms with Crippen molar-refractivity contribution >= 4 is 16.6 Å². The van der Waals surface area contributed by atoms with Gasteiger partial charge in [0.1, 0.15) is 0 Å². The van der Waals surface area contributed by atoms with Crippen molar-refractivity contribution < 1.29 is 0 Å². The molecule has 5 heteroatoms. The van der Waals surface area contributed by atoms with Crippen LogP contribution in [0.1, 0.15) is 41.9 Å². The van der Waals surface area contributed by atoms with Gasteiger partial charge in [-0.2, -0.15) is 0 Å². The van der Waals surface area contributed by atoms with Crippen LogP contribution in [0.15, 0.2) is 47.7 Å². The highest BCUT2D eigenvalue weighted by atomic mass is 15.1. The molecule has 0 saturated heterocycles. The Morgan fingerprint density at radius 1 is 1.00 bits per heavy atom. The van der Waals surface area contributed by atoms with E-state index < -0.39 is 0 Å². The van der Waals surface area contributed by atoms with Crippen LogP contribution in [0, 0.1) is 0 Å². The van der Waals surface area contributed by atoms with Crippen molar-refractivity contribution in [1.82, 2.24) is 19.9 Å². The molecule has 27 heavy (non-hydrogen) atoms. The number of hydrogen-bond donors (Lipinski definition) is 0. The lowest BCUT2D eigenvalue weighted by atomic mass is 10.0. The van der Waals surface area contributed by atoms with Crippen LogP contribution >= 0.6 is 0 Å². The van der Waals surface area contributed by atoms with Crippen LogP contribution in [0.25, 0.3) is 10.9 Å². The molecule has 0 atom stereocenters. The van der Waals surface area contributed by atoms with Crippen LogP contribution in [0.3, 0.4) is 0 Å². The summed E-state index contributed by atoms with van der Waals surface area (Å²) in [5.74, 6) is 0.848. The lowest BCUT2D eigenvalue weighted by Crippen LogP contribution is -2.31. The summed E-state index contributed by atoms with van der Waals surface area (Å²) in [5.41, 5.74) is 5.84. The molecule has 0 unspecified atom stereocenters. The van der Waals surface area contributed by atoms with Gasteiger partial charge in [0.05, 0.1) is 16.9 Å². The first-order valence-corrected chi connectivity index (χ1v) is 9.80. The number of aliphatic imine (C=N–C) groups is 1. The van der Waals surface area contributed by atoms with E-state index in [1.807, 2.05) is 18.5 Å². The quantitative estimate of drug-likeness (QED) is 0.719. The summed E-state index contributed by atoms with van der Waals surface area (Å²) in [5, 5.41) is 1.20. The maximum Gasteiger partial charge on any atom is 0.173 e. The van der Waals surface area contributed by atoms with Gasteiger partial charge in [-0.3, -0.25) is 14.9 Å². The lowest BCUT2D eigenvalue weighted by molar-refractivity contribution is 0.242. The Labute approximate surface area is 159 Å². The monoisotopic (exact) mass is 357 g/mol. The molecule has 0 N–H and O–H groups in total. The molecule has 0 spiro atoms. The zero-order valence-electron chi connectivity index (χ0n) is 15.4. The fourth-order valence-corrected chi connectivity index (χ4v) is 3.99. The summed E-state index contributed by atoms with van der Waals surface area (Å²) in [6, 6.07) is 10.5. The second kappa shape index (κ2) is 7.16. The third-order valence-electron chi connectivity index (χ3n) is 5.45. The maximum absolute atomic E-state index is 4.84. The number of nitrogens with zero attached hydrogens (tertiary/aromatic N) is 5. The molecule has 0 amide bonds. The van der Waals surface area contributed by atoms with E-state index >= 15 is 0 Å². The molecule has 0 radical (unpaired) electrons. The third-order valence-corrected chi connectivity index (χ3v) is 5.45. The van der Waals surface area contributed by atoms with Gasteiger partial charge < -0.3 is 0 Å². The summed E-state index contributed by atoms with van der Waals surface area (Å²) in [6.45, 7) is 3.74. The first-order valence-electron chi connectivity index (χ1n) is 9.80. The average Bonchev–Trinajstić information content (AvgIpc) is 2.74. The highest BCUT2D eigenvalue weighted by Gasteiger charge is 2.20. The van der Waals surface area contributed by atoms with Crippen molar-refractivity contribution in [3.8, 4) is 0 Å². The molecule has 4 heterocycles. The SMILES string of the molecule is c1ccc2ncc(CN3CCc4nc(C5=NCCCC5)ncc4C3)cc2c1. The van der Waals surface area contributed by atoms with Crippen molar-refractivity contribution in [2.45, 2.75) is 38.8 Å². The molecule has 5 nitrogen and oxygen atoms in total. The van der Waals surface area contributed by atoms with Gasteiger partial charge in [-0.1, -0.05) is 18.2 Å². The van der Waals surface area contributed by atoms with Gasteiger partial charge in [-0.15, -0.1) is 0 Å². The fraction of sp³-hybridized carbons (Fsp3) is 0.364. The standard InChI is InChI=1S/C22H23N5/c1-2-6-19-17(5-1)11-16(12-24-19)14-27-10-8-20-18(15-27)13-25-22(26-20)21-7-3-4-9-23-21/h1-2,5-6,11-13H,3-4,7-10,14-15H2. The zero-order valence-corrected chi connectivity index (χ0v) is 15.4. The van der Waals surface area contributed by atoms with Crippen molar-refractivity contribution in [3.63, 3.8) is 0 Å². The second-order valence-corrected chi connectivity index (χ2v) is 7.45. The summed E-state index contributed by atoms with van der Waals surface area (Å²) in [6.07, 6.45) is 8.39. The van der Waals surface area contributed by atoms with Crippen LogP contribution in [-0.4, -0.2) is 38.7 Å². The maximum atomic E-state index is 4.84. The molecule has 0 aliphatic carbocycles. The summed E-state index contributed by atoms with van der Waals surface area (Å²) >= 11 is 0. The topological polar surface area (TPSA) is 54.3 Å². The molecule has 0 saturated carbocycles. The Bertz CT molecular complexity index is 1010. The minimum atomic E-state index is 0.848. The molecular weight excluding hydrogens is 334 g/mol. The molecule has 2 aliphatic rings. The second-order valence-electron chi connectivity index (χ2n) is 7.45. The van der Waals surface area contributed by atoms with Gasteiger partial charge in [0.25, 0.3) is 0 Å². The summed E-state index contributed by atoms with van der Waals surface area (Å²) in [4.78, 5) is 21.1. The number of rotatable bonds is 3. The van der Waals surface area contributed by atoms with E-state index in [9.17, 15) is 0 Å². The lowest BCUT2D eigenvalue weighted by Gasteiger charge is -2.28. The van der Waals surface area contributed by atoms with Crippen LogP contribution in [0.2, 0.25) is 0 Å². The van der Waals surface area contributed by atoms with Gasteiger partial charge in [0.2, 0.25) is 0 Å². The zero-order chi connectivity index (χ0) is 18.1. The van der Waals surface area contributed by atoms with E-state index in [2.05, 4.69) is 44.1 Å². The molecule has 5 rings (SSSR count). The van der Waals surface area contributed by atoms with E-state index in [1.54, 1.807) is 0 Å². The number of para-hydroxylation sites is 1. The molecule has 0 bridgehead atoms. The molecule has 136 valence electrons. The highest BCUT2D eigenvalue weighted by molar-refractivity contribution is 5.97. The van der Waals surface area contributed by atoms with Crippen LogP contribution in [0.4, 0.5) is 0 Å². The van der Waals surface area contributed by atoms with Crippen LogP contribution in [-0.2, 0) is 19.5 Å². The van der Waals surface area contributed by atoms with E-state index in [0.717, 1.165) is 56.1 Å². The van der Waals surface area contributed by atoms with Crippen molar-refractivity contribution in [1.29, 1.82) is 0 Å². The van der Waals surface area contributed by atoms with Crippen molar-refractivity contribution in [2.24, 2.45) is 4.99 Å². The van der Waals surface area contributed by atoms with Gasteiger partial charge in [-0.25, -0.2) is 9.97 Å². The molecule has 0 fully saturated rings. The van der Waals surface area contributed by atoms with Crippen molar-refractivity contribution in [2.75, 3.05) is 13.1 Å². The number of benzene rings is 1. The van der Waals surface area contributed by atoms with E-state index in [0.29, 0.717) is 0 Å². The van der Waals surface area contributed by atoms with Gasteiger partial charge in [0.15, 0.2) is 5.82 Å². The Morgan fingerprint density at radius 3 is 2.89 bits per heavy atom. The number of aromatic nitrogens is 3. The molecule has 3 aromatic rings. The minimum Gasteiger partial charge on any atom is -0.294 e. The highest BCUT2D eigenvalue weighted by Crippen LogP contribution is 2.21. The number of hydrogen-bond acceptors (Lipinski definition) is 5. The minimum absolute atomic E-state index is 0.848. The summed E-state index contributed by atoms with van der Waals surface area (Å²) < 4.78 is 0. The van der Waals surface area contributed by atoms with Crippen molar-refractivity contribution in [3.05, 3.63) is 65.4 Å². The predicted molar refractivity (Wildman–Crippen MR) is 107 cm³/mol. The Balaban J connectivity index is 1.32. The third kappa shape index (κ3) is 3.47. The normalized spacial score (nSPS) is 17.6. The van der Waals surface area contributed by atoms with Crippen LogP contribution < -0.4 is 0 Å². The van der Waals surface area contributed by atoms with Gasteiger partial charge in [0, 0.05) is 55.9 Å². The molecule has 1 aromatic carbocycles. The largest absolute Gasteiger partial charge is 0.294 e. The smallest absolute Gasteiger partial charge is 0.173 e. The van der Waals surface area contributed by atoms with Gasteiger partial charge in [-0.05, 0) is 37.0 Å². The Hall–Kier alpha value is -2.66.